The Hall–Kier alpha value is -1.16. The zero-order valence-electron chi connectivity index (χ0n) is 11.6. The molecular formula is C13H24N4. The van der Waals surface area contributed by atoms with Crippen LogP contribution in [0.4, 0.5) is 5.95 Å². The van der Waals surface area contributed by atoms with Gasteiger partial charge in [-0.2, -0.15) is 0 Å². The van der Waals surface area contributed by atoms with Crippen molar-refractivity contribution in [2.45, 2.75) is 40.5 Å². The van der Waals surface area contributed by atoms with E-state index in [0.29, 0.717) is 12.5 Å². The van der Waals surface area contributed by atoms with Crippen LogP contribution in [0.15, 0.2) is 0 Å². The van der Waals surface area contributed by atoms with Crippen LogP contribution in [0.2, 0.25) is 0 Å². The molecule has 0 spiro atoms. The van der Waals surface area contributed by atoms with Crippen molar-refractivity contribution >= 4 is 5.95 Å². The van der Waals surface area contributed by atoms with Gasteiger partial charge in [0.2, 0.25) is 5.95 Å². The van der Waals surface area contributed by atoms with E-state index in [9.17, 15) is 0 Å². The molecular weight excluding hydrogens is 212 g/mol. The summed E-state index contributed by atoms with van der Waals surface area (Å²) in [5, 5.41) is 0. The molecule has 2 N–H and O–H groups in total. The molecule has 1 unspecified atom stereocenters. The number of aryl methyl sites for hydroxylation is 2. The molecule has 0 aliphatic heterocycles. The topological polar surface area (TPSA) is 55.0 Å². The highest BCUT2D eigenvalue weighted by Gasteiger charge is 2.15. The van der Waals surface area contributed by atoms with E-state index in [4.69, 9.17) is 5.73 Å². The number of rotatable bonds is 5. The highest BCUT2D eigenvalue weighted by molar-refractivity contribution is 5.37. The Balaban J connectivity index is 3.17. The van der Waals surface area contributed by atoms with Crippen molar-refractivity contribution in [3.8, 4) is 0 Å². The molecule has 4 nitrogen and oxygen atoms in total. The van der Waals surface area contributed by atoms with E-state index in [2.05, 4.69) is 35.6 Å². The summed E-state index contributed by atoms with van der Waals surface area (Å²) >= 11 is 0. The second-order valence-electron chi connectivity index (χ2n) is 4.42. The van der Waals surface area contributed by atoms with Crippen molar-refractivity contribution < 1.29 is 0 Å². The molecule has 0 amide bonds. The normalized spacial score (nSPS) is 12.6. The van der Waals surface area contributed by atoms with E-state index in [0.717, 1.165) is 30.4 Å². The van der Waals surface area contributed by atoms with Crippen molar-refractivity contribution in [1.29, 1.82) is 0 Å². The lowest BCUT2D eigenvalue weighted by atomic mass is 9.98. The fourth-order valence-corrected chi connectivity index (χ4v) is 2.19. The summed E-state index contributed by atoms with van der Waals surface area (Å²) in [5.74, 6) is 1.15. The molecule has 0 fully saturated rings. The van der Waals surface area contributed by atoms with Crippen molar-refractivity contribution in [3.05, 3.63) is 17.0 Å². The number of aromatic nitrogens is 2. The fourth-order valence-electron chi connectivity index (χ4n) is 2.19. The molecule has 1 aromatic heterocycles. The molecule has 0 aliphatic rings. The molecule has 1 atom stereocenters. The molecule has 1 heterocycles. The van der Waals surface area contributed by atoms with Gasteiger partial charge in [0.1, 0.15) is 0 Å². The third kappa shape index (κ3) is 2.94. The molecule has 0 saturated carbocycles. The Morgan fingerprint density at radius 2 is 1.59 bits per heavy atom. The summed E-state index contributed by atoms with van der Waals surface area (Å²) in [7, 11) is 0. The first-order valence-electron chi connectivity index (χ1n) is 6.35. The van der Waals surface area contributed by atoms with E-state index in [1.54, 1.807) is 0 Å². The first kappa shape index (κ1) is 13.9. The Kier molecular flexibility index (Phi) is 4.87. The van der Waals surface area contributed by atoms with Crippen molar-refractivity contribution in [3.63, 3.8) is 0 Å². The number of hydrogen-bond acceptors (Lipinski definition) is 4. The van der Waals surface area contributed by atoms with Gasteiger partial charge in [-0.1, -0.05) is 6.92 Å². The van der Waals surface area contributed by atoms with Gasteiger partial charge in [-0.3, -0.25) is 0 Å². The van der Waals surface area contributed by atoms with E-state index >= 15 is 0 Å². The third-order valence-corrected chi connectivity index (χ3v) is 3.21. The molecule has 96 valence electrons. The summed E-state index contributed by atoms with van der Waals surface area (Å²) in [5.41, 5.74) is 9.03. The van der Waals surface area contributed by atoms with Crippen LogP contribution < -0.4 is 10.6 Å². The summed E-state index contributed by atoms with van der Waals surface area (Å²) < 4.78 is 0. The highest BCUT2D eigenvalue weighted by atomic mass is 15.2. The maximum atomic E-state index is 5.73. The second-order valence-corrected chi connectivity index (χ2v) is 4.42. The van der Waals surface area contributed by atoms with Crippen LogP contribution in [0.3, 0.4) is 0 Å². The van der Waals surface area contributed by atoms with Crippen LogP contribution >= 0.6 is 0 Å². The van der Waals surface area contributed by atoms with Gasteiger partial charge >= 0.3 is 0 Å². The smallest absolute Gasteiger partial charge is 0.225 e. The Morgan fingerprint density at radius 1 is 1.12 bits per heavy atom. The lowest BCUT2D eigenvalue weighted by Crippen LogP contribution is -2.25. The van der Waals surface area contributed by atoms with E-state index < -0.39 is 0 Å². The number of nitrogens with zero attached hydrogens (tertiary/aromatic N) is 3. The summed E-state index contributed by atoms with van der Waals surface area (Å²) in [4.78, 5) is 11.4. The first-order valence-corrected chi connectivity index (χ1v) is 6.35. The van der Waals surface area contributed by atoms with Crippen LogP contribution in [0.25, 0.3) is 0 Å². The third-order valence-electron chi connectivity index (χ3n) is 3.21. The average molecular weight is 236 g/mol. The Labute approximate surface area is 104 Å². The molecule has 0 saturated heterocycles. The van der Waals surface area contributed by atoms with Crippen LogP contribution in [0.1, 0.15) is 43.6 Å². The molecule has 0 bridgehead atoms. The van der Waals surface area contributed by atoms with Gasteiger partial charge in [0.05, 0.1) is 0 Å². The van der Waals surface area contributed by atoms with Crippen molar-refractivity contribution in [2.24, 2.45) is 5.73 Å². The Morgan fingerprint density at radius 3 is 1.94 bits per heavy atom. The monoisotopic (exact) mass is 236 g/mol. The maximum absolute atomic E-state index is 5.73. The molecule has 1 rings (SSSR count). The van der Waals surface area contributed by atoms with Gasteiger partial charge in [0, 0.05) is 24.5 Å². The fraction of sp³-hybridized carbons (Fsp3) is 0.692. The van der Waals surface area contributed by atoms with E-state index in [1.165, 1.54) is 5.56 Å². The number of hydrogen-bond donors (Lipinski definition) is 1. The Bertz CT molecular complexity index is 349. The molecule has 4 heteroatoms. The summed E-state index contributed by atoms with van der Waals surface area (Å²) in [6.07, 6.45) is 0. The largest absolute Gasteiger partial charge is 0.341 e. The van der Waals surface area contributed by atoms with Crippen LogP contribution in [-0.2, 0) is 0 Å². The van der Waals surface area contributed by atoms with Gasteiger partial charge in [0.25, 0.3) is 0 Å². The maximum Gasteiger partial charge on any atom is 0.225 e. The SMILES string of the molecule is CCN(CC)c1nc(C)c(C(C)CN)c(C)n1. The molecule has 1 aromatic rings. The van der Waals surface area contributed by atoms with Crippen LogP contribution in [0, 0.1) is 13.8 Å². The zero-order chi connectivity index (χ0) is 13.0. The predicted octanol–water partition coefficient (Wildman–Crippen LogP) is 2.00. The van der Waals surface area contributed by atoms with Gasteiger partial charge in [-0.25, -0.2) is 9.97 Å². The predicted molar refractivity (Wildman–Crippen MR) is 72.5 cm³/mol. The van der Waals surface area contributed by atoms with Gasteiger partial charge < -0.3 is 10.6 Å². The molecule has 17 heavy (non-hydrogen) atoms. The highest BCUT2D eigenvalue weighted by Crippen LogP contribution is 2.22. The van der Waals surface area contributed by atoms with Crippen molar-refractivity contribution in [2.75, 3.05) is 24.5 Å². The van der Waals surface area contributed by atoms with Gasteiger partial charge in [-0.15, -0.1) is 0 Å². The second kappa shape index (κ2) is 5.96. The number of nitrogens with two attached hydrogens (primary N) is 1. The minimum absolute atomic E-state index is 0.320. The number of anilines is 1. The lowest BCUT2D eigenvalue weighted by molar-refractivity contribution is 0.732. The summed E-state index contributed by atoms with van der Waals surface area (Å²) in [6, 6.07) is 0. The lowest BCUT2D eigenvalue weighted by Gasteiger charge is -2.22. The average Bonchev–Trinajstić information content (AvgIpc) is 2.29. The minimum Gasteiger partial charge on any atom is -0.341 e. The standard InChI is InChI=1S/C13H24N4/c1-6-17(7-2)13-15-10(4)12(9(3)8-14)11(5)16-13/h9H,6-8,14H2,1-5H3. The molecule has 0 aromatic carbocycles. The van der Waals surface area contributed by atoms with E-state index in [-0.39, 0.29) is 0 Å². The molecule has 0 radical (unpaired) electrons. The van der Waals surface area contributed by atoms with Gasteiger partial charge in [-0.05, 0) is 45.7 Å². The zero-order valence-corrected chi connectivity index (χ0v) is 11.6. The van der Waals surface area contributed by atoms with Crippen LogP contribution in [0.5, 0.6) is 0 Å². The minimum atomic E-state index is 0.320. The summed E-state index contributed by atoms with van der Waals surface area (Å²) in [6.45, 7) is 12.9. The first-order chi connectivity index (χ1) is 8.04. The van der Waals surface area contributed by atoms with Gasteiger partial charge in [0.15, 0.2) is 0 Å². The van der Waals surface area contributed by atoms with Crippen molar-refractivity contribution in [1.82, 2.24) is 9.97 Å². The quantitative estimate of drug-likeness (QED) is 0.849. The van der Waals surface area contributed by atoms with Crippen LogP contribution in [-0.4, -0.2) is 29.6 Å². The molecule has 0 aliphatic carbocycles. The van der Waals surface area contributed by atoms with E-state index in [1.807, 2.05) is 13.8 Å².